The van der Waals surface area contributed by atoms with Crippen LogP contribution in [0, 0.1) is 5.82 Å². The van der Waals surface area contributed by atoms with E-state index in [4.69, 9.17) is 4.42 Å². The molecule has 0 amide bonds. The van der Waals surface area contributed by atoms with Crippen LogP contribution in [-0.2, 0) is 19.6 Å². The summed E-state index contributed by atoms with van der Waals surface area (Å²) in [6.45, 7) is 3.31. The molecule has 3 heterocycles. The number of fused-ring (bicyclic) bond motifs is 1. The second-order valence-electron chi connectivity index (χ2n) is 6.77. The summed E-state index contributed by atoms with van der Waals surface area (Å²) in [5.74, 6) is 2.97. The minimum absolute atomic E-state index is 0.293. The summed E-state index contributed by atoms with van der Waals surface area (Å²) in [5, 5.41) is 8.73. The van der Waals surface area contributed by atoms with Crippen molar-refractivity contribution in [2.24, 2.45) is 0 Å². The molecule has 1 aromatic carbocycles. The third-order valence-electron chi connectivity index (χ3n) is 4.81. The number of halogens is 1. The van der Waals surface area contributed by atoms with Crippen LogP contribution in [0.4, 0.5) is 4.39 Å². The molecule has 0 N–H and O–H groups in total. The van der Waals surface area contributed by atoms with E-state index >= 15 is 0 Å². The number of oxazole rings is 1. The van der Waals surface area contributed by atoms with Crippen molar-refractivity contribution >= 4 is 0 Å². The van der Waals surface area contributed by atoms with Gasteiger partial charge in [0.15, 0.2) is 0 Å². The average molecular weight is 339 g/mol. The van der Waals surface area contributed by atoms with Crippen LogP contribution in [0.2, 0.25) is 0 Å². The summed E-state index contributed by atoms with van der Waals surface area (Å²) in [6.07, 6.45) is 4.13. The van der Waals surface area contributed by atoms with Gasteiger partial charge in [0, 0.05) is 31.1 Å². The molecule has 1 saturated carbocycles. The normalized spacial score (nSPS) is 17.6. The lowest BCUT2D eigenvalue weighted by Gasteiger charge is -2.26. The molecule has 6 nitrogen and oxygen atoms in total. The van der Waals surface area contributed by atoms with E-state index in [2.05, 4.69) is 24.6 Å². The van der Waals surface area contributed by atoms with Crippen LogP contribution in [0.15, 0.2) is 34.9 Å². The second-order valence-corrected chi connectivity index (χ2v) is 6.77. The third kappa shape index (κ3) is 2.84. The van der Waals surface area contributed by atoms with Crippen molar-refractivity contribution in [3.8, 4) is 11.5 Å². The smallest absolute Gasteiger partial charge is 0.226 e. The molecule has 0 saturated heterocycles. The Bertz CT molecular complexity index is 914. The minimum Gasteiger partial charge on any atom is -0.444 e. The molecule has 7 heteroatoms. The molecule has 3 aromatic rings. The van der Waals surface area contributed by atoms with Gasteiger partial charge < -0.3 is 8.98 Å². The van der Waals surface area contributed by atoms with Crippen LogP contribution in [0.5, 0.6) is 0 Å². The van der Waals surface area contributed by atoms with Gasteiger partial charge in [0.2, 0.25) is 5.89 Å². The first-order chi connectivity index (χ1) is 12.3. The highest BCUT2D eigenvalue weighted by atomic mass is 19.1. The fourth-order valence-corrected chi connectivity index (χ4v) is 3.37. The predicted molar refractivity (Wildman–Crippen MR) is 88.0 cm³/mol. The van der Waals surface area contributed by atoms with Crippen LogP contribution in [0.25, 0.3) is 11.5 Å². The van der Waals surface area contributed by atoms with Crippen LogP contribution in [0.1, 0.15) is 36.1 Å². The summed E-state index contributed by atoms with van der Waals surface area (Å²) in [6, 6.07) is 6.29. The van der Waals surface area contributed by atoms with E-state index in [9.17, 15) is 4.39 Å². The zero-order valence-electron chi connectivity index (χ0n) is 13.7. The number of hydrogen-bond donors (Lipinski definition) is 0. The van der Waals surface area contributed by atoms with Gasteiger partial charge in [-0.1, -0.05) is 6.07 Å². The standard InChI is InChI=1S/C18H18FN5O/c19-14-3-1-2-13(8-14)18-20-15(11-25-18)9-23-6-7-24-16(10-23)21-22-17(24)12-4-5-12/h1-3,8,11-12H,4-7,9-10H2. The maximum Gasteiger partial charge on any atom is 0.226 e. The Morgan fingerprint density at radius 2 is 2.12 bits per heavy atom. The SMILES string of the molecule is Fc1cccc(-c2nc(CN3CCn4c(nnc4C4CC4)C3)co2)c1. The number of benzene rings is 1. The van der Waals surface area contributed by atoms with Crippen molar-refractivity contribution in [2.75, 3.05) is 6.54 Å². The van der Waals surface area contributed by atoms with Gasteiger partial charge in [0.05, 0.1) is 12.2 Å². The van der Waals surface area contributed by atoms with Crippen LogP contribution >= 0.6 is 0 Å². The zero-order valence-corrected chi connectivity index (χ0v) is 13.7. The summed E-state index contributed by atoms with van der Waals surface area (Å²) in [4.78, 5) is 6.78. The van der Waals surface area contributed by atoms with Gasteiger partial charge in [0.1, 0.15) is 23.7 Å². The Balaban J connectivity index is 1.30. The summed E-state index contributed by atoms with van der Waals surface area (Å²) in [5.41, 5.74) is 1.49. The van der Waals surface area contributed by atoms with E-state index in [0.29, 0.717) is 23.9 Å². The Kier molecular flexibility index (Phi) is 3.41. The molecule has 1 aliphatic carbocycles. The molecule has 0 atom stereocenters. The van der Waals surface area contributed by atoms with E-state index in [1.54, 1.807) is 18.4 Å². The first-order valence-corrected chi connectivity index (χ1v) is 8.61. The molecule has 2 aromatic heterocycles. The number of rotatable bonds is 4. The highest BCUT2D eigenvalue weighted by Crippen LogP contribution is 2.39. The molecule has 0 spiro atoms. The zero-order chi connectivity index (χ0) is 16.8. The van der Waals surface area contributed by atoms with E-state index in [-0.39, 0.29) is 5.82 Å². The molecular weight excluding hydrogens is 321 g/mol. The van der Waals surface area contributed by atoms with Crippen molar-refractivity contribution in [2.45, 2.75) is 38.4 Å². The summed E-state index contributed by atoms with van der Waals surface area (Å²) < 4.78 is 21.1. The van der Waals surface area contributed by atoms with Crippen molar-refractivity contribution in [1.29, 1.82) is 0 Å². The first kappa shape index (κ1) is 14.8. The number of nitrogens with zero attached hydrogens (tertiary/aromatic N) is 5. The first-order valence-electron chi connectivity index (χ1n) is 8.61. The lowest BCUT2D eigenvalue weighted by molar-refractivity contribution is 0.205. The van der Waals surface area contributed by atoms with Gasteiger partial charge in [0.25, 0.3) is 0 Å². The van der Waals surface area contributed by atoms with Gasteiger partial charge in [-0.15, -0.1) is 10.2 Å². The lowest BCUT2D eigenvalue weighted by Crippen LogP contribution is -2.34. The fourth-order valence-electron chi connectivity index (χ4n) is 3.37. The number of aromatic nitrogens is 4. The average Bonchev–Trinajstić information content (AvgIpc) is 3.20. The molecule has 25 heavy (non-hydrogen) atoms. The van der Waals surface area contributed by atoms with E-state index in [1.807, 2.05) is 0 Å². The van der Waals surface area contributed by atoms with Gasteiger partial charge in [-0.25, -0.2) is 9.37 Å². The molecule has 0 bridgehead atoms. The third-order valence-corrected chi connectivity index (χ3v) is 4.81. The molecule has 2 aliphatic rings. The van der Waals surface area contributed by atoms with Crippen LogP contribution in [0.3, 0.4) is 0 Å². The molecule has 1 fully saturated rings. The Morgan fingerprint density at radius 3 is 2.96 bits per heavy atom. The monoisotopic (exact) mass is 339 g/mol. The van der Waals surface area contributed by atoms with Crippen molar-refractivity contribution in [1.82, 2.24) is 24.6 Å². The molecule has 5 rings (SSSR count). The molecule has 0 radical (unpaired) electrons. The molecule has 0 unspecified atom stereocenters. The topological polar surface area (TPSA) is 60.0 Å². The highest BCUT2D eigenvalue weighted by molar-refractivity contribution is 5.52. The Hall–Kier alpha value is -2.54. The van der Waals surface area contributed by atoms with Crippen LogP contribution in [-0.4, -0.2) is 31.2 Å². The van der Waals surface area contributed by atoms with E-state index in [1.165, 1.54) is 25.0 Å². The fraction of sp³-hybridized carbons (Fsp3) is 0.389. The van der Waals surface area contributed by atoms with Crippen molar-refractivity contribution in [3.63, 3.8) is 0 Å². The maximum atomic E-state index is 13.3. The van der Waals surface area contributed by atoms with E-state index < -0.39 is 0 Å². The molecular formula is C18H18FN5O. The summed E-state index contributed by atoms with van der Waals surface area (Å²) >= 11 is 0. The second kappa shape index (κ2) is 5.77. The van der Waals surface area contributed by atoms with Crippen molar-refractivity contribution in [3.05, 3.63) is 53.7 Å². The quantitative estimate of drug-likeness (QED) is 0.731. The van der Waals surface area contributed by atoms with Crippen LogP contribution < -0.4 is 0 Å². The minimum atomic E-state index is -0.293. The highest BCUT2D eigenvalue weighted by Gasteiger charge is 2.32. The van der Waals surface area contributed by atoms with Gasteiger partial charge in [-0.3, -0.25) is 4.90 Å². The molecule has 1 aliphatic heterocycles. The Labute approximate surface area is 144 Å². The molecule has 128 valence electrons. The van der Waals surface area contributed by atoms with Gasteiger partial charge >= 0.3 is 0 Å². The van der Waals surface area contributed by atoms with E-state index in [0.717, 1.165) is 37.0 Å². The largest absolute Gasteiger partial charge is 0.444 e. The van der Waals surface area contributed by atoms with Gasteiger partial charge in [-0.05, 0) is 31.0 Å². The maximum absolute atomic E-state index is 13.3. The number of hydrogen-bond acceptors (Lipinski definition) is 5. The van der Waals surface area contributed by atoms with Crippen molar-refractivity contribution < 1.29 is 8.81 Å². The lowest BCUT2D eigenvalue weighted by atomic mass is 10.2. The summed E-state index contributed by atoms with van der Waals surface area (Å²) in [7, 11) is 0. The predicted octanol–water partition coefficient (Wildman–Crippen LogP) is 2.97. The van der Waals surface area contributed by atoms with Gasteiger partial charge in [-0.2, -0.15) is 0 Å². The Morgan fingerprint density at radius 1 is 1.20 bits per heavy atom.